The van der Waals surface area contributed by atoms with Crippen LogP contribution in [0.2, 0.25) is 18.1 Å². The second-order valence-electron chi connectivity index (χ2n) is 8.27. The summed E-state index contributed by atoms with van der Waals surface area (Å²) >= 11 is 1.82. The Morgan fingerprint density at radius 3 is 2.05 bits per heavy atom. The van der Waals surface area contributed by atoms with Gasteiger partial charge in [0.25, 0.3) is 0 Å². The van der Waals surface area contributed by atoms with Gasteiger partial charge in [-0.05, 0) is 25.1 Å². The number of thioether (sulfide) groups is 1. The van der Waals surface area contributed by atoms with E-state index >= 15 is 0 Å². The average Bonchev–Trinajstić information content (AvgIpc) is 2.10. The summed E-state index contributed by atoms with van der Waals surface area (Å²) < 4.78 is 6.53. The summed E-state index contributed by atoms with van der Waals surface area (Å²) in [5, 5.41) is 3.37. The van der Waals surface area contributed by atoms with Crippen LogP contribution in [0.1, 0.15) is 48.5 Å². The molecule has 0 aliphatic carbocycles. The highest BCUT2D eigenvalue weighted by Crippen LogP contribution is 2.41. The lowest BCUT2D eigenvalue weighted by Crippen LogP contribution is -2.63. The Morgan fingerprint density at radius 2 is 1.70 bits per heavy atom. The van der Waals surface area contributed by atoms with E-state index in [0.717, 1.165) is 0 Å². The Kier molecular flexibility index (Phi) is 5.10. The number of hydrogen-bond acceptors (Lipinski definition) is 3. The van der Waals surface area contributed by atoms with Gasteiger partial charge in [0.2, 0.25) is 5.91 Å². The molecule has 0 aromatic rings. The minimum Gasteiger partial charge on any atom is -0.413 e. The molecule has 0 bridgehead atoms. The molecule has 1 rings (SSSR count). The highest BCUT2D eigenvalue weighted by molar-refractivity contribution is 8.01. The number of rotatable bonds is 4. The van der Waals surface area contributed by atoms with Crippen molar-refractivity contribution >= 4 is 26.0 Å². The monoisotopic (exact) mass is 317 g/mol. The zero-order chi connectivity index (χ0) is 15.9. The predicted molar refractivity (Wildman–Crippen MR) is 90.5 cm³/mol. The Hall–Kier alpha value is -0.00312. The fraction of sp³-hybridized carbons (Fsp3) is 0.933. The number of hydrogen-bond donors (Lipinski definition) is 1. The molecule has 1 fully saturated rings. The largest absolute Gasteiger partial charge is 0.413 e. The fourth-order valence-electron chi connectivity index (χ4n) is 2.03. The van der Waals surface area contributed by atoms with Crippen molar-refractivity contribution < 1.29 is 9.22 Å². The van der Waals surface area contributed by atoms with Gasteiger partial charge in [-0.2, -0.15) is 0 Å². The SMILES string of the molecule is C[C@@H](O[Si](C)(C)C(C)(C)C)[C@H]1C(=O)N[C@@H]1SC(C)(C)C. The lowest BCUT2D eigenvalue weighted by Gasteiger charge is -2.46. The minimum atomic E-state index is -1.82. The number of amides is 1. The van der Waals surface area contributed by atoms with Gasteiger partial charge in [0, 0.05) is 4.75 Å². The van der Waals surface area contributed by atoms with Crippen LogP contribution in [0.25, 0.3) is 0 Å². The van der Waals surface area contributed by atoms with E-state index in [1.54, 1.807) is 0 Å². The summed E-state index contributed by atoms with van der Waals surface area (Å²) in [6.07, 6.45) is -0.00973. The molecule has 0 spiro atoms. The van der Waals surface area contributed by atoms with Gasteiger partial charge in [-0.1, -0.05) is 41.5 Å². The smallest absolute Gasteiger partial charge is 0.229 e. The number of carbonyl (C=O) groups is 1. The summed E-state index contributed by atoms with van der Waals surface area (Å²) in [6, 6.07) is 0. The number of β-lactam (4-membered cyclic amide) rings is 1. The molecule has 1 saturated heterocycles. The predicted octanol–water partition coefficient (Wildman–Crippen LogP) is 4.00. The van der Waals surface area contributed by atoms with Crippen molar-refractivity contribution in [1.29, 1.82) is 0 Å². The Bertz CT molecular complexity index is 371. The van der Waals surface area contributed by atoms with E-state index in [0.29, 0.717) is 0 Å². The van der Waals surface area contributed by atoms with Gasteiger partial charge in [-0.15, -0.1) is 11.8 Å². The molecule has 1 aliphatic rings. The Balaban J connectivity index is 2.71. The highest BCUT2D eigenvalue weighted by Gasteiger charge is 2.48. The second kappa shape index (κ2) is 5.65. The molecule has 0 unspecified atom stereocenters. The van der Waals surface area contributed by atoms with Gasteiger partial charge in [-0.3, -0.25) is 4.79 Å². The molecule has 1 amide bonds. The normalized spacial score (nSPS) is 25.9. The Labute approximate surface area is 129 Å². The Morgan fingerprint density at radius 1 is 1.20 bits per heavy atom. The van der Waals surface area contributed by atoms with Crippen molar-refractivity contribution in [2.45, 2.75) is 82.8 Å². The molecule has 0 aromatic heterocycles. The van der Waals surface area contributed by atoms with Crippen molar-refractivity contribution in [3.05, 3.63) is 0 Å². The first-order chi connectivity index (χ1) is 8.74. The summed E-state index contributed by atoms with van der Waals surface area (Å²) in [4.78, 5) is 11.9. The van der Waals surface area contributed by atoms with Crippen molar-refractivity contribution in [2.24, 2.45) is 5.92 Å². The van der Waals surface area contributed by atoms with E-state index < -0.39 is 8.32 Å². The zero-order valence-electron chi connectivity index (χ0n) is 14.5. The molecule has 3 atom stereocenters. The first-order valence-corrected chi connectivity index (χ1v) is 11.2. The summed E-state index contributed by atoms with van der Waals surface area (Å²) in [5.74, 6) is 0.117. The third-order valence-electron chi connectivity index (χ3n) is 4.19. The van der Waals surface area contributed by atoms with Crippen molar-refractivity contribution in [3.8, 4) is 0 Å². The second-order valence-corrected chi connectivity index (χ2v) is 15.0. The van der Waals surface area contributed by atoms with E-state index in [4.69, 9.17) is 4.43 Å². The minimum absolute atomic E-state index is 0.00973. The number of carbonyl (C=O) groups excluding carboxylic acids is 1. The summed E-state index contributed by atoms with van der Waals surface area (Å²) in [6.45, 7) is 19.8. The van der Waals surface area contributed by atoms with E-state index in [1.165, 1.54) is 0 Å². The number of nitrogens with one attached hydrogen (secondary N) is 1. The molecule has 5 heteroatoms. The van der Waals surface area contributed by atoms with Crippen LogP contribution >= 0.6 is 11.8 Å². The van der Waals surface area contributed by atoms with Gasteiger partial charge in [-0.25, -0.2) is 0 Å². The van der Waals surface area contributed by atoms with Crippen LogP contribution < -0.4 is 5.32 Å². The quantitative estimate of drug-likeness (QED) is 0.629. The zero-order valence-corrected chi connectivity index (χ0v) is 16.3. The van der Waals surface area contributed by atoms with Gasteiger partial charge >= 0.3 is 0 Å². The van der Waals surface area contributed by atoms with Gasteiger partial charge in [0.05, 0.1) is 17.4 Å². The molecule has 1 heterocycles. The first-order valence-electron chi connectivity index (χ1n) is 7.41. The lowest BCUT2D eigenvalue weighted by atomic mass is 9.96. The molecular weight excluding hydrogens is 286 g/mol. The first kappa shape index (κ1) is 18.0. The molecule has 0 aromatic carbocycles. The van der Waals surface area contributed by atoms with Crippen LogP contribution in [-0.2, 0) is 9.22 Å². The van der Waals surface area contributed by atoms with Crippen LogP contribution in [0.4, 0.5) is 0 Å². The van der Waals surface area contributed by atoms with E-state index in [1.807, 2.05) is 11.8 Å². The fourth-order valence-corrected chi connectivity index (χ4v) is 4.88. The van der Waals surface area contributed by atoms with Crippen LogP contribution in [0.5, 0.6) is 0 Å². The molecule has 0 radical (unpaired) electrons. The summed E-state index contributed by atoms with van der Waals surface area (Å²) in [7, 11) is -1.82. The molecule has 1 N–H and O–H groups in total. The van der Waals surface area contributed by atoms with Crippen molar-refractivity contribution in [2.75, 3.05) is 0 Å². The maximum absolute atomic E-state index is 11.9. The van der Waals surface area contributed by atoms with Gasteiger partial charge in [0.1, 0.15) is 0 Å². The maximum atomic E-state index is 11.9. The maximum Gasteiger partial charge on any atom is 0.229 e. The molecular formula is C15H31NO2SSi. The molecule has 118 valence electrons. The molecule has 3 nitrogen and oxygen atoms in total. The van der Waals surface area contributed by atoms with Crippen LogP contribution in [0, 0.1) is 5.92 Å². The molecule has 0 saturated carbocycles. The van der Waals surface area contributed by atoms with E-state index in [9.17, 15) is 4.79 Å². The van der Waals surface area contributed by atoms with Crippen molar-refractivity contribution in [3.63, 3.8) is 0 Å². The van der Waals surface area contributed by atoms with Crippen LogP contribution in [0.3, 0.4) is 0 Å². The lowest BCUT2D eigenvalue weighted by molar-refractivity contribution is -0.136. The van der Waals surface area contributed by atoms with Crippen LogP contribution in [-0.4, -0.2) is 30.4 Å². The topological polar surface area (TPSA) is 38.3 Å². The van der Waals surface area contributed by atoms with Gasteiger partial charge in [0.15, 0.2) is 8.32 Å². The third kappa shape index (κ3) is 4.24. The van der Waals surface area contributed by atoms with E-state index in [-0.39, 0.29) is 33.1 Å². The highest BCUT2D eigenvalue weighted by atomic mass is 32.2. The summed E-state index contributed by atoms with van der Waals surface area (Å²) in [5.41, 5.74) is 0. The van der Waals surface area contributed by atoms with E-state index in [2.05, 4.69) is 66.9 Å². The molecule has 1 aliphatic heterocycles. The molecule has 20 heavy (non-hydrogen) atoms. The standard InChI is InChI=1S/C15H31NO2SSi/c1-10(18-20(8,9)15(5,6)7)11-12(17)16-13(11)19-14(2,3)4/h10-11,13H,1-9H3,(H,16,17)/t10-,11+,13-/m1/s1. The average molecular weight is 318 g/mol. The van der Waals surface area contributed by atoms with Crippen molar-refractivity contribution in [1.82, 2.24) is 5.32 Å². The van der Waals surface area contributed by atoms with Crippen LogP contribution in [0.15, 0.2) is 0 Å². The third-order valence-corrected chi connectivity index (χ3v) is 10.1. The van der Waals surface area contributed by atoms with Gasteiger partial charge < -0.3 is 9.74 Å².